The normalized spacial score (nSPS) is 14.8. The monoisotopic (exact) mass is 235 g/mol. The molecule has 1 aromatic carbocycles. The average molecular weight is 236 g/mol. The highest BCUT2D eigenvalue weighted by Gasteiger charge is 2.19. The maximum absolute atomic E-state index is 9.23. The first-order valence-electron chi connectivity index (χ1n) is 5.56. The predicted molar refractivity (Wildman–Crippen MR) is 64.0 cm³/mol. The molecule has 1 aliphatic rings. The number of fused-ring (bicyclic) bond motifs is 1. The number of hydrogen-bond donors (Lipinski definition) is 0. The topological polar surface area (TPSA) is 33.0 Å². The van der Waals surface area contributed by atoms with Gasteiger partial charge in [-0.05, 0) is 42.9 Å². The van der Waals surface area contributed by atoms with E-state index in [1.165, 1.54) is 18.4 Å². The Morgan fingerprint density at radius 3 is 2.75 bits per heavy atom. The lowest BCUT2D eigenvalue weighted by Crippen LogP contribution is -2.00. The summed E-state index contributed by atoms with van der Waals surface area (Å²) in [6.45, 7) is 0. The minimum absolute atomic E-state index is 0.532. The highest BCUT2D eigenvalue weighted by Crippen LogP contribution is 2.36. The molecule has 0 atom stereocenters. The van der Waals surface area contributed by atoms with E-state index in [1.807, 2.05) is 6.07 Å². The molecule has 0 aromatic heterocycles. The van der Waals surface area contributed by atoms with E-state index < -0.39 is 0 Å². The molecule has 0 aliphatic heterocycles. The molecule has 0 fully saturated rings. The van der Waals surface area contributed by atoms with Gasteiger partial charge >= 0.3 is 0 Å². The van der Waals surface area contributed by atoms with Crippen molar-refractivity contribution in [1.82, 2.24) is 0 Å². The molecule has 0 spiro atoms. The first-order valence-corrected chi connectivity index (χ1v) is 5.94. The van der Waals surface area contributed by atoms with Gasteiger partial charge in [0.15, 0.2) is 5.75 Å². The van der Waals surface area contributed by atoms with Crippen LogP contribution in [0.2, 0.25) is 5.02 Å². The molecule has 3 heteroatoms. The van der Waals surface area contributed by atoms with Crippen LogP contribution in [0.3, 0.4) is 0 Å². The van der Waals surface area contributed by atoms with E-state index in [0.717, 1.165) is 24.8 Å². The van der Waals surface area contributed by atoms with Gasteiger partial charge in [0.25, 0.3) is 0 Å². The Bertz CT molecular complexity index is 448. The average Bonchev–Trinajstić information content (AvgIpc) is 2.52. The Hall–Kier alpha value is -1.20. The van der Waals surface area contributed by atoms with Crippen LogP contribution in [0.25, 0.3) is 0 Å². The summed E-state index contributed by atoms with van der Waals surface area (Å²) >= 11 is 6.12. The zero-order valence-corrected chi connectivity index (χ0v) is 10.1. The number of aryl methyl sites for hydroxylation is 1. The first-order chi connectivity index (χ1) is 7.77. The Morgan fingerprint density at radius 2 is 2.06 bits per heavy atom. The molecule has 84 valence electrons. The third kappa shape index (κ3) is 1.88. The number of hydrogen-bond acceptors (Lipinski definition) is 2. The van der Waals surface area contributed by atoms with Gasteiger partial charge < -0.3 is 4.74 Å². The van der Waals surface area contributed by atoms with Crippen molar-refractivity contribution in [2.24, 2.45) is 0 Å². The fraction of sp³-hybridized carbons (Fsp3) is 0.462. The van der Waals surface area contributed by atoms with Crippen molar-refractivity contribution in [1.29, 1.82) is 5.26 Å². The number of ether oxygens (including phenoxy) is 1. The molecule has 0 N–H and O–H groups in total. The molecule has 1 aliphatic carbocycles. The molecular weight excluding hydrogens is 222 g/mol. The van der Waals surface area contributed by atoms with Crippen LogP contribution in [0.1, 0.15) is 36.0 Å². The molecule has 0 unspecified atom stereocenters. The Kier molecular flexibility index (Phi) is 3.36. The van der Waals surface area contributed by atoms with Crippen LogP contribution in [0.15, 0.2) is 6.07 Å². The molecular formula is C13H14ClNO. The molecule has 0 amide bonds. The number of benzene rings is 1. The third-order valence-electron chi connectivity index (χ3n) is 3.12. The van der Waals surface area contributed by atoms with E-state index in [4.69, 9.17) is 16.3 Å². The van der Waals surface area contributed by atoms with Gasteiger partial charge in [-0.15, -0.1) is 0 Å². The van der Waals surface area contributed by atoms with Crippen LogP contribution >= 0.6 is 11.6 Å². The SMILES string of the molecule is COc1c(Cl)cc2c(c1C#N)CCCCC2. The van der Waals surface area contributed by atoms with Crippen LogP contribution in [0.5, 0.6) is 5.75 Å². The minimum atomic E-state index is 0.532. The quantitative estimate of drug-likeness (QED) is 0.698. The van der Waals surface area contributed by atoms with Crippen LogP contribution in [0.4, 0.5) is 0 Å². The molecule has 2 rings (SSSR count). The first kappa shape index (κ1) is 11.3. The number of nitrogens with zero attached hydrogens (tertiary/aromatic N) is 1. The van der Waals surface area contributed by atoms with Gasteiger partial charge in [0.05, 0.1) is 17.7 Å². The van der Waals surface area contributed by atoms with Crippen LogP contribution in [-0.4, -0.2) is 7.11 Å². The van der Waals surface area contributed by atoms with Gasteiger partial charge in [0, 0.05) is 0 Å². The maximum atomic E-state index is 9.23. The number of nitriles is 1. The van der Waals surface area contributed by atoms with Crippen molar-refractivity contribution in [3.8, 4) is 11.8 Å². The zero-order valence-electron chi connectivity index (χ0n) is 9.35. The van der Waals surface area contributed by atoms with Crippen LogP contribution in [-0.2, 0) is 12.8 Å². The molecule has 0 saturated carbocycles. The van der Waals surface area contributed by atoms with Gasteiger partial charge in [-0.1, -0.05) is 18.0 Å². The van der Waals surface area contributed by atoms with E-state index in [0.29, 0.717) is 16.3 Å². The Labute approximate surface area is 101 Å². The maximum Gasteiger partial charge on any atom is 0.155 e. The third-order valence-corrected chi connectivity index (χ3v) is 3.40. The lowest BCUT2D eigenvalue weighted by Gasteiger charge is -2.13. The van der Waals surface area contributed by atoms with E-state index in [9.17, 15) is 5.26 Å². The van der Waals surface area contributed by atoms with Crippen molar-refractivity contribution in [2.75, 3.05) is 7.11 Å². The number of halogens is 1. The molecule has 1 aromatic rings. The predicted octanol–water partition coefficient (Wildman–Crippen LogP) is 3.49. The van der Waals surface area contributed by atoms with Gasteiger partial charge in [-0.25, -0.2) is 0 Å². The van der Waals surface area contributed by atoms with Crippen molar-refractivity contribution >= 4 is 11.6 Å². The highest BCUT2D eigenvalue weighted by molar-refractivity contribution is 6.32. The second kappa shape index (κ2) is 4.76. The van der Waals surface area contributed by atoms with Crippen molar-refractivity contribution in [3.05, 3.63) is 27.8 Å². The molecule has 16 heavy (non-hydrogen) atoms. The van der Waals surface area contributed by atoms with Crippen molar-refractivity contribution < 1.29 is 4.74 Å². The summed E-state index contributed by atoms with van der Waals surface area (Å²) in [6, 6.07) is 4.19. The van der Waals surface area contributed by atoms with Crippen molar-refractivity contribution in [3.63, 3.8) is 0 Å². The van der Waals surface area contributed by atoms with Crippen LogP contribution < -0.4 is 4.74 Å². The summed E-state index contributed by atoms with van der Waals surface area (Å²) in [6.07, 6.45) is 5.53. The molecule has 2 nitrogen and oxygen atoms in total. The molecule has 0 radical (unpaired) electrons. The fourth-order valence-corrected chi connectivity index (χ4v) is 2.65. The Morgan fingerprint density at radius 1 is 1.31 bits per heavy atom. The second-order valence-corrected chi connectivity index (χ2v) is 4.48. The van der Waals surface area contributed by atoms with Gasteiger partial charge in [-0.3, -0.25) is 0 Å². The summed E-state index contributed by atoms with van der Waals surface area (Å²) in [5.74, 6) is 0.532. The molecule has 0 heterocycles. The van der Waals surface area contributed by atoms with E-state index in [1.54, 1.807) is 7.11 Å². The standard InChI is InChI=1S/C13H14ClNO/c1-16-13-11(8-15)10-6-4-2-3-5-9(10)7-12(13)14/h7H,2-6H2,1H3. The van der Waals surface area contributed by atoms with Gasteiger partial charge in [0.2, 0.25) is 0 Å². The smallest absolute Gasteiger partial charge is 0.155 e. The zero-order chi connectivity index (χ0) is 11.5. The minimum Gasteiger partial charge on any atom is -0.494 e. The summed E-state index contributed by atoms with van der Waals surface area (Å²) < 4.78 is 5.22. The van der Waals surface area contributed by atoms with E-state index in [-0.39, 0.29) is 0 Å². The summed E-state index contributed by atoms with van der Waals surface area (Å²) in [5, 5.41) is 9.79. The largest absolute Gasteiger partial charge is 0.494 e. The van der Waals surface area contributed by atoms with E-state index in [2.05, 4.69) is 6.07 Å². The van der Waals surface area contributed by atoms with Crippen LogP contribution in [0, 0.1) is 11.3 Å². The summed E-state index contributed by atoms with van der Waals surface area (Å²) in [5.41, 5.74) is 2.99. The Balaban J connectivity index is 2.62. The fourth-order valence-electron chi connectivity index (χ4n) is 2.34. The molecule has 0 bridgehead atoms. The lowest BCUT2D eigenvalue weighted by molar-refractivity contribution is 0.413. The van der Waals surface area contributed by atoms with E-state index >= 15 is 0 Å². The summed E-state index contributed by atoms with van der Waals surface area (Å²) in [4.78, 5) is 0. The number of rotatable bonds is 1. The highest BCUT2D eigenvalue weighted by atomic mass is 35.5. The number of methoxy groups -OCH3 is 1. The second-order valence-electron chi connectivity index (χ2n) is 4.08. The molecule has 0 saturated heterocycles. The summed E-state index contributed by atoms with van der Waals surface area (Å²) in [7, 11) is 1.56. The van der Waals surface area contributed by atoms with Crippen molar-refractivity contribution in [2.45, 2.75) is 32.1 Å². The van der Waals surface area contributed by atoms with Gasteiger partial charge in [-0.2, -0.15) is 5.26 Å². The lowest BCUT2D eigenvalue weighted by atomic mass is 9.97. The van der Waals surface area contributed by atoms with Gasteiger partial charge in [0.1, 0.15) is 6.07 Å².